The Hall–Kier alpha value is -2.98. The molecular formula is C28H34BrFN2O6. The fourth-order valence-electron chi connectivity index (χ4n) is 4.01. The predicted molar refractivity (Wildman–Crippen MR) is 145 cm³/mol. The zero-order valence-corrected chi connectivity index (χ0v) is 23.4. The second kappa shape index (κ2) is 13.2. The fourth-order valence-corrected chi connectivity index (χ4v) is 4.27. The van der Waals surface area contributed by atoms with Crippen molar-refractivity contribution in [2.75, 3.05) is 26.4 Å². The molecule has 1 amide bonds. The van der Waals surface area contributed by atoms with Crippen LogP contribution in [0.25, 0.3) is 0 Å². The highest BCUT2D eigenvalue weighted by Gasteiger charge is 2.53. The van der Waals surface area contributed by atoms with Gasteiger partial charge in [0.1, 0.15) is 18.0 Å². The van der Waals surface area contributed by atoms with Gasteiger partial charge in [0, 0.05) is 36.0 Å². The third kappa shape index (κ3) is 7.77. The van der Waals surface area contributed by atoms with Crippen molar-refractivity contribution in [2.24, 2.45) is 4.99 Å². The number of rotatable bonds is 12. The van der Waals surface area contributed by atoms with E-state index in [0.717, 1.165) is 4.47 Å². The first-order valence-electron chi connectivity index (χ1n) is 12.5. The van der Waals surface area contributed by atoms with Crippen molar-refractivity contribution in [3.8, 4) is 5.75 Å². The zero-order valence-electron chi connectivity index (χ0n) is 21.8. The van der Waals surface area contributed by atoms with Gasteiger partial charge in [0.05, 0.1) is 6.61 Å². The number of nitrogens with one attached hydrogen (secondary N) is 1. The molecule has 0 fully saturated rings. The molecule has 0 aliphatic carbocycles. The molecule has 0 saturated carbocycles. The maximum Gasteiger partial charge on any atom is 0.306 e. The maximum absolute atomic E-state index is 13.6. The number of aliphatic hydroxyl groups is 1. The number of amides is 1. The molecule has 10 heteroatoms. The lowest BCUT2D eigenvalue weighted by molar-refractivity contribution is -0.155. The molecule has 0 aromatic heterocycles. The van der Waals surface area contributed by atoms with Crippen LogP contribution in [0.4, 0.5) is 4.39 Å². The Morgan fingerprint density at radius 3 is 2.45 bits per heavy atom. The van der Waals surface area contributed by atoms with E-state index in [-0.39, 0.29) is 31.9 Å². The summed E-state index contributed by atoms with van der Waals surface area (Å²) in [5.41, 5.74) is -0.937. The number of aliphatic imine (C=N–C) groups is 1. The average Bonchev–Trinajstić information content (AvgIpc) is 3.27. The van der Waals surface area contributed by atoms with Gasteiger partial charge in [-0.1, -0.05) is 28.1 Å². The second-order valence-corrected chi connectivity index (χ2v) is 10.8. The van der Waals surface area contributed by atoms with Crippen molar-refractivity contribution in [1.82, 2.24) is 5.32 Å². The van der Waals surface area contributed by atoms with E-state index >= 15 is 0 Å². The van der Waals surface area contributed by atoms with Crippen LogP contribution in [0.1, 0.15) is 57.3 Å². The standard InChI is InChI=1S/C28H34BrFN2O6/c1-27(2,3)38-23(34)13-14-28(26(35)31-16-15-30)24(19-5-9-21(29)10-6-19)37-25(32-28)20-7-11-22(12-8-20)36-18-4-17-33/h5-12,24,33H,4,13-18H2,1-3H3,(H,31,35)/t24-,28-/m1/s1. The summed E-state index contributed by atoms with van der Waals surface area (Å²) in [6, 6.07) is 14.3. The smallest absolute Gasteiger partial charge is 0.306 e. The number of hydrogen-bond acceptors (Lipinski definition) is 7. The molecule has 2 aromatic rings. The van der Waals surface area contributed by atoms with Gasteiger partial charge in [-0.15, -0.1) is 0 Å². The van der Waals surface area contributed by atoms with Crippen LogP contribution >= 0.6 is 15.9 Å². The number of alkyl halides is 1. The van der Waals surface area contributed by atoms with E-state index in [1.165, 1.54) is 0 Å². The minimum Gasteiger partial charge on any atom is -0.494 e. The van der Waals surface area contributed by atoms with Crippen molar-refractivity contribution in [3.05, 3.63) is 64.1 Å². The number of nitrogens with zero attached hydrogens (tertiary/aromatic N) is 1. The molecule has 1 aliphatic heterocycles. The summed E-state index contributed by atoms with van der Waals surface area (Å²) in [6.45, 7) is 4.79. The van der Waals surface area contributed by atoms with E-state index in [1.807, 2.05) is 24.3 Å². The number of halogens is 2. The molecule has 2 N–H and O–H groups in total. The van der Waals surface area contributed by atoms with Gasteiger partial charge < -0.3 is 24.6 Å². The summed E-state index contributed by atoms with van der Waals surface area (Å²) in [7, 11) is 0. The van der Waals surface area contributed by atoms with Crippen molar-refractivity contribution >= 4 is 33.7 Å². The Kier molecular flexibility index (Phi) is 10.3. The minimum atomic E-state index is -1.54. The summed E-state index contributed by atoms with van der Waals surface area (Å²) in [5.74, 6) is -0.176. The lowest BCUT2D eigenvalue weighted by atomic mass is 9.83. The summed E-state index contributed by atoms with van der Waals surface area (Å²) in [6.07, 6.45) is -0.452. The maximum atomic E-state index is 13.6. The minimum absolute atomic E-state index is 0.00732. The quantitative estimate of drug-likeness (QED) is 0.274. The van der Waals surface area contributed by atoms with Gasteiger partial charge in [0.25, 0.3) is 5.91 Å². The van der Waals surface area contributed by atoms with E-state index in [4.69, 9.17) is 24.3 Å². The molecule has 8 nitrogen and oxygen atoms in total. The number of carbonyl (C=O) groups is 2. The molecule has 3 rings (SSSR count). The Morgan fingerprint density at radius 1 is 1.16 bits per heavy atom. The lowest BCUT2D eigenvalue weighted by Crippen LogP contribution is -2.49. The molecule has 2 atom stereocenters. The first-order valence-corrected chi connectivity index (χ1v) is 13.3. The van der Waals surface area contributed by atoms with Gasteiger partial charge in [-0.2, -0.15) is 0 Å². The first-order chi connectivity index (χ1) is 18.1. The van der Waals surface area contributed by atoms with Gasteiger partial charge in [-0.3, -0.25) is 9.59 Å². The van der Waals surface area contributed by atoms with Gasteiger partial charge >= 0.3 is 5.97 Å². The van der Waals surface area contributed by atoms with Gasteiger partial charge in [-0.25, -0.2) is 9.38 Å². The number of carbonyl (C=O) groups excluding carboxylic acids is 2. The van der Waals surface area contributed by atoms with Crippen molar-refractivity contribution in [3.63, 3.8) is 0 Å². The molecule has 0 radical (unpaired) electrons. The molecule has 0 bridgehead atoms. The Labute approximate surface area is 230 Å². The Bertz CT molecular complexity index is 1120. The lowest BCUT2D eigenvalue weighted by Gasteiger charge is -2.30. The van der Waals surface area contributed by atoms with Crippen molar-refractivity contribution in [1.29, 1.82) is 0 Å². The summed E-state index contributed by atoms with van der Waals surface area (Å²) >= 11 is 3.42. The molecule has 38 heavy (non-hydrogen) atoms. The molecule has 0 spiro atoms. The van der Waals surface area contributed by atoms with E-state index < -0.39 is 35.8 Å². The normalized spacial score (nSPS) is 18.9. The molecule has 206 valence electrons. The SMILES string of the molecule is CC(C)(C)OC(=O)CC[C@@]1(C(=O)NCCF)N=C(c2ccc(OCCCO)cc2)O[C@@H]1c1ccc(Br)cc1. The Balaban J connectivity index is 1.99. The van der Waals surface area contributed by atoms with E-state index in [9.17, 15) is 14.0 Å². The third-order valence-electron chi connectivity index (χ3n) is 5.71. The number of hydrogen-bond donors (Lipinski definition) is 2. The van der Waals surface area contributed by atoms with Crippen LogP contribution in [0.5, 0.6) is 5.75 Å². The molecule has 2 aromatic carbocycles. The highest BCUT2D eigenvalue weighted by Crippen LogP contribution is 2.43. The van der Waals surface area contributed by atoms with Gasteiger partial charge in [0.15, 0.2) is 11.6 Å². The average molecular weight is 593 g/mol. The predicted octanol–water partition coefficient (Wildman–Crippen LogP) is 4.67. The molecule has 1 heterocycles. The first kappa shape index (κ1) is 29.6. The monoisotopic (exact) mass is 592 g/mol. The third-order valence-corrected chi connectivity index (χ3v) is 6.24. The number of benzene rings is 2. The van der Waals surface area contributed by atoms with E-state index in [1.54, 1.807) is 45.0 Å². The second-order valence-electron chi connectivity index (χ2n) is 9.87. The summed E-state index contributed by atoms with van der Waals surface area (Å²) in [5, 5.41) is 11.6. The fraction of sp³-hybridized carbons (Fsp3) is 0.464. The van der Waals surface area contributed by atoms with Crippen LogP contribution in [-0.4, -0.2) is 60.5 Å². The van der Waals surface area contributed by atoms with Crippen LogP contribution < -0.4 is 10.1 Å². The topological polar surface area (TPSA) is 106 Å². The number of ether oxygens (including phenoxy) is 3. The summed E-state index contributed by atoms with van der Waals surface area (Å²) < 4.78 is 31.3. The van der Waals surface area contributed by atoms with Crippen LogP contribution in [0.15, 0.2) is 58.0 Å². The highest BCUT2D eigenvalue weighted by molar-refractivity contribution is 9.10. The molecule has 0 unspecified atom stereocenters. The van der Waals surface area contributed by atoms with Gasteiger partial charge in [0.2, 0.25) is 5.90 Å². The highest BCUT2D eigenvalue weighted by atomic mass is 79.9. The summed E-state index contributed by atoms with van der Waals surface area (Å²) in [4.78, 5) is 31.0. The van der Waals surface area contributed by atoms with Crippen LogP contribution in [0, 0.1) is 0 Å². The van der Waals surface area contributed by atoms with E-state index in [0.29, 0.717) is 29.9 Å². The van der Waals surface area contributed by atoms with Crippen LogP contribution in [0.2, 0.25) is 0 Å². The van der Waals surface area contributed by atoms with E-state index in [2.05, 4.69) is 21.2 Å². The number of aliphatic hydroxyl groups excluding tert-OH is 1. The molecule has 1 aliphatic rings. The van der Waals surface area contributed by atoms with Crippen LogP contribution in [0.3, 0.4) is 0 Å². The molecular weight excluding hydrogens is 559 g/mol. The van der Waals surface area contributed by atoms with Crippen molar-refractivity contribution < 1.29 is 33.3 Å². The van der Waals surface area contributed by atoms with Gasteiger partial charge in [-0.05, 0) is 69.2 Å². The Morgan fingerprint density at radius 2 is 1.84 bits per heavy atom. The van der Waals surface area contributed by atoms with Crippen molar-refractivity contribution in [2.45, 2.75) is 57.3 Å². The largest absolute Gasteiger partial charge is 0.494 e. The molecule has 0 saturated heterocycles. The number of esters is 1. The van der Waals surface area contributed by atoms with Crippen LogP contribution in [-0.2, 0) is 19.1 Å². The zero-order chi connectivity index (χ0) is 27.8.